The lowest BCUT2D eigenvalue weighted by molar-refractivity contribution is -0.138. The zero-order valence-corrected chi connectivity index (χ0v) is 10.2. The minimum atomic E-state index is -0.869. The van der Waals surface area contributed by atoms with Crippen molar-refractivity contribution < 1.29 is 9.90 Å². The number of nitrogens with one attached hydrogen (secondary N) is 1. The number of hydrogen-bond acceptors (Lipinski definition) is 3. The van der Waals surface area contributed by atoms with Gasteiger partial charge in [0.15, 0.2) is 0 Å². The van der Waals surface area contributed by atoms with E-state index < -0.39 is 12.0 Å². The minimum Gasteiger partial charge on any atom is -0.480 e. The Morgan fingerprint density at radius 2 is 2.27 bits per heavy atom. The van der Waals surface area contributed by atoms with E-state index >= 15 is 0 Å². The Labute approximate surface area is 96.8 Å². The molecule has 0 aromatic carbocycles. The van der Waals surface area contributed by atoms with Crippen LogP contribution < -0.4 is 5.32 Å². The maximum absolute atomic E-state index is 10.9. The van der Waals surface area contributed by atoms with Crippen molar-refractivity contribution in [2.45, 2.75) is 19.9 Å². The van der Waals surface area contributed by atoms with Crippen LogP contribution in [0, 0.1) is 5.92 Å². The molecule has 0 aliphatic carbocycles. The number of carbonyl (C=O) groups is 1. The summed E-state index contributed by atoms with van der Waals surface area (Å²) in [6, 6.07) is 2.92. The SMILES string of the molecule is CC(C)[C@H](Nc1cc(Br)ccn1)C(=O)O. The number of halogens is 1. The summed E-state index contributed by atoms with van der Waals surface area (Å²) in [4.78, 5) is 15.0. The molecular weight excluding hydrogens is 260 g/mol. The maximum atomic E-state index is 10.9. The summed E-state index contributed by atoms with van der Waals surface area (Å²) in [5, 5.41) is 11.9. The molecule has 0 saturated carbocycles. The first-order valence-corrected chi connectivity index (χ1v) is 5.41. The Kier molecular flexibility index (Phi) is 4.08. The first-order chi connectivity index (χ1) is 7.00. The van der Waals surface area contributed by atoms with Crippen molar-refractivity contribution in [2.75, 3.05) is 5.32 Å². The van der Waals surface area contributed by atoms with Gasteiger partial charge in [-0.1, -0.05) is 29.8 Å². The van der Waals surface area contributed by atoms with Crippen LogP contribution in [-0.4, -0.2) is 22.1 Å². The van der Waals surface area contributed by atoms with Crippen molar-refractivity contribution in [3.05, 3.63) is 22.8 Å². The van der Waals surface area contributed by atoms with Gasteiger partial charge in [-0.3, -0.25) is 0 Å². The molecule has 0 aliphatic rings. The quantitative estimate of drug-likeness (QED) is 0.884. The molecule has 1 atom stereocenters. The normalized spacial score (nSPS) is 12.5. The van der Waals surface area contributed by atoms with E-state index in [-0.39, 0.29) is 5.92 Å². The molecule has 0 unspecified atom stereocenters. The van der Waals surface area contributed by atoms with Crippen LogP contribution in [0.25, 0.3) is 0 Å². The number of carboxylic acid groups (broad SMARTS) is 1. The van der Waals surface area contributed by atoms with E-state index in [0.717, 1.165) is 4.47 Å². The van der Waals surface area contributed by atoms with Crippen molar-refractivity contribution in [3.8, 4) is 0 Å². The molecule has 82 valence electrons. The molecule has 0 radical (unpaired) electrons. The number of rotatable bonds is 4. The largest absolute Gasteiger partial charge is 0.480 e. The molecule has 0 amide bonds. The van der Waals surface area contributed by atoms with Gasteiger partial charge in [0.1, 0.15) is 11.9 Å². The highest BCUT2D eigenvalue weighted by molar-refractivity contribution is 9.10. The highest BCUT2D eigenvalue weighted by Gasteiger charge is 2.21. The highest BCUT2D eigenvalue weighted by atomic mass is 79.9. The number of carboxylic acids is 1. The average Bonchev–Trinajstić information content (AvgIpc) is 2.13. The number of nitrogens with zero attached hydrogens (tertiary/aromatic N) is 1. The zero-order valence-electron chi connectivity index (χ0n) is 8.57. The van der Waals surface area contributed by atoms with Crippen LogP contribution in [-0.2, 0) is 4.79 Å². The number of aromatic nitrogens is 1. The lowest BCUT2D eigenvalue weighted by atomic mass is 10.1. The monoisotopic (exact) mass is 272 g/mol. The predicted octanol–water partition coefficient (Wildman–Crippen LogP) is 2.37. The summed E-state index contributed by atoms with van der Waals surface area (Å²) in [5.41, 5.74) is 0. The Hall–Kier alpha value is -1.10. The standard InChI is InChI=1S/C10H13BrN2O2/c1-6(2)9(10(14)15)13-8-5-7(11)3-4-12-8/h3-6,9H,1-2H3,(H,12,13)(H,14,15)/t9-/m0/s1. The van der Waals surface area contributed by atoms with Crippen LogP contribution in [0.3, 0.4) is 0 Å². The first-order valence-electron chi connectivity index (χ1n) is 4.61. The lowest BCUT2D eigenvalue weighted by Crippen LogP contribution is -2.34. The molecule has 0 spiro atoms. The van der Waals surface area contributed by atoms with Gasteiger partial charge < -0.3 is 10.4 Å². The van der Waals surface area contributed by atoms with Gasteiger partial charge in [0.2, 0.25) is 0 Å². The molecule has 1 aromatic rings. The van der Waals surface area contributed by atoms with Crippen LogP contribution >= 0.6 is 15.9 Å². The third-order valence-electron chi connectivity index (χ3n) is 1.96. The van der Waals surface area contributed by atoms with E-state index in [1.54, 1.807) is 18.3 Å². The number of aliphatic carboxylic acids is 1. The minimum absolute atomic E-state index is 0.00304. The van der Waals surface area contributed by atoms with Crippen LogP contribution in [0.4, 0.5) is 5.82 Å². The van der Waals surface area contributed by atoms with Crippen molar-refractivity contribution in [2.24, 2.45) is 5.92 Å². The van der Waals surface area contributed by atoms with Gasteiger partial charge in [-0.05, 0) is 18.1 Å². The maximum Gasteiger partial charge on any atom is 0.326 e. The van der Waals surface area contributed by atoms with Gasteiger partial charge in [-0.25, -0.2) is 9.78 Å². The molecule has 0 fully saturated rings. The molecule has 1 aromatic heterocycles. The Bertz CT molecular complexity index is 355. The van der Waals surface area contributed by atoms with Crippen molar-refractivity contribution in [1.82, 2.24) is 4.98 Å². The highest BCUT2D eigenvalue weighted by Crippen LogP contribution is 2.15. The summed E-state index contributed by atoms with van der Waals surface area (Å²) >= 11 is 3.30. The molecule has 1 heterocycles. The second-order valence-electron chi connectivity index (χ2n) is 3.56. The number of pyridine rings is 1. The van der Waals surface area contributed by atoms with E-state index in [0.29, 0.717) is 5.82 Å². The fourth-order valence-electron chi connectivity index (χ4n) is 1.16. The second-order valence-corrected chi connectivity index (χ2v) is 4.48. The third-order valence-corrected chi connectivity index (χ3v) is 2.45. The van der Waals surface area contributed by atoms with Gasteiger partial charge in [-0.15, -0.1) is 0 Å². The topological polar surface area (TPSA) is 62.2 Å². The molecule has 2 N–H and O–H groups in total. The second kappa shape index (κ2) is 5.11. The Balaban J connectivity index is 2.79. The van der Waals surface area contributed by atoms with Crippen LogP contribution in [0.5, 0.6) is 0 Å². The van der Waals surface area contributed by atoms with Crippen molar-refractivity contribution in [3.63, 3.8) is 0 Å². The summed E-state index contributed by atoms with van der Waals surface area (Å²) in [6.45, 7) is 3.70. The third kappa shape index (κ3) is 3.51. The fourth-order valence-corrected chi connectivity index (χ4v) is 1.49. The smallest absolute Gasteiger partial charge is 0.326 e. The number of hydrogen-bond donors (Lipinski definition) is 2. The van der Waals surface area contributed by atoms with E-state index in [4.69, 9.17) is 5.11 Å². The summed E-state index contributed by atoms with van der Waals surface area (Å²) < 4.78 is 0.868. The summed E-state index contributed by atoms with van der Waals surface area (Å²) in [6.07, 6.45) is 1.62. The molecule has 5 heteroatoms. The zero-order chi connectivity index (χ0) is 11.4. The van der Waals surface area contributed by atoms with E-state index in [1.165, 1.54) is 0 Å². The van der Waals surface area contributed by atoms with E-state index in [2.05, 4.69) is 26.2 Å². The fraction of sp³-hybridized carbons (Fsp3) is 0.400. The molecule has 0 aliphatic heterocycles. The molecular formula is C10H13BrN2O2. The molecule has 15 heavy (non-hydrogen) atoms. The average molecular weight is 273 g/mol. The van der Waals surface area contributed by atoms with Gasteiger partial charge in [0.05, 0.1) is 0 Å². The molecule has 0 saturated heterocycles. The van der Waals surface area contributed by atoms with Crippen molar-refractivity contribution >= 4 is 27.7 Å². The predicted molar refractivity (Wildman–Crippen MR) is 61.8 cm³/mol. The van der Waals surface area contributed by atoms with Crippen LogP contribution in [0.1, 0.15) is 13.8 Å². The lowest BCUT2D eigenvalue weighted by Gasteiger charge is -2.18. The summed E-state index contributed by atoms with van der Waals surface area (Å²) in [5.74, 6) is -0.305. The molecule has 1 rings (SSSR count). The van der Waals surface area contributed by atoms with Gasteiger partial charge in [0, 0.05) is 10.7 Å². The first kappa shape index (κ1) is 12.0. The number of anilines is 1. The van der Waals surface area contributed by atoms with Gasteiger partial charge in [0.25, 0.3) is 0 Å². The molecule has 0 bridgehead atoms. The van der Waals surface area contributed by atoms with E-state index in [9.17, 15) is 4.79 Å². The van der Waals surface area contributed by atoms with Crippen molar-refractivity contribution in [1.29, 1.82) is 0 Å². The van der Waals surface area contributed by atoms with Crippen LogP contribution in [0.2, 0.25) is 0 Å². The summed E-state index contributed by atoms with van der Waals surface area (Å²) in [7, 11) is 0. The van der Waals surface area contributed by atoms with E-state index in [1.807, 2.05) is 13.8 Å². The van der Waals surface area contributed by atoms with Gasteiger partial charge in [-0.2, -0.15) is 0 Å². The van der Waals surface area contributed by atoms with Gasteiger partial charge >= 0.3 is 5.97 Å². The Morgan fingerprint density at radius 1 is 1.60 bits per heavy atom. The Morgan fingerprint density at radius 3 is 2.73 bits per heavy atom. The molecule has 4 nitrogen and oxygen atoms in total. The van der Waals surface area contributed by atoms with Crippen LogP contribution in [0.15, 0.2) is 22.8 Å².